The molecule has 0 aromatic heterocycles. The van der Waals surface area contributed by atoms with Crippen LogP contribution in [0.4, 0.5) is 0 Å². The molecule has 0 spiro atoms. The van der Waals surface area contributed by atoms with Crippen LogP contribution in [0.5, 0.6) is 0 Å². The average Bonchev–Trinajstić information content (AvgIpc) is 2.00. The fourth-order valence-corrected chi connectivity index (χ4v) is 0.970. The summed E-state index contributed by atoms with van der Waals surface area (Å²) in [5, 5.41) is 6.50. The first kappa shape index (κ1) is 9.27. The molecule has 1 aromatic rings. The van der Waals surface area contributed by atoms with Gasteiger partial charge in [-0.3, -0.25) is 0 Å². The second kappa shape index (κ2) is 5.09. The van der Waals surface area contributed by atoms with Crippen molar-refractivity contribution in [2.75, 3.05) is 0 Å². The predicted molar refractivity (Wildman–Crippen MR) is 46.0 cm³/mol. The Bertz CT molecular complexity index is 179. The molecule has 0 heterocycles. The summed E-state index contributed by atoms with van der Waals surface area (Å²) in [6.07, 6.45) is 0. The fourth-order valence-electron chi connectivity index (χ4n) is 0.566. The van der Waals surface area contributed by atoms with Crippen molar-refractivity contribution in [1.29, 1.82) is 5.26 Å². The summed E-state index contributed by atoms with van der Waals surface area (Å²) < 4.78 is 1.39. The van der Waals surface area contributed by atoms with Crippen LogP contribution in [0.1, 0.15) is 5.56 Å². The number of rotatable bonds is 0. The van der Waals surface area contributed by atoms with E-state index in [0.717, 1.165) is 0 Å². The molecule has 1 unspecified atom stereocenters. The first-order valence-corrected chi connectivity index (χ1v) is 4.08. The van der Waals surface area contributed by atoms with Gasteiger partial charge in [0.25, 0.3) is 0 Å². The minimum atomic E-state index is 1.34. The van der Waals surface area contributed by atoms with Gasteiger partial charge in [-0.25, -0.2) is 5.26 Å². The van der Waals surface area contributed by atoms with Crippen molar-refractivity contribution in [3.05, 3.63) is 29.8 Å². The number of benzene rings is 1. The first-order chi connectivity index (χ1) is 4.79. The second-order valence-corrected chi connectivity index (χ2v) is 3.31. The molecule has 0 bridgehead atoms. The van der Waals surface area contributed by atoms with Crippen LogP contribution in [0.2, 0.25) is 0 Å². The molecule has 0 saturated heterocycles. The van der Waals surface area contributed by atoms with Crippen molar-refractivity contribution in [3.63, 3.8) is 0 Å². The van der Waals surface area contributed by atoms with E-state index in [1.165, 1.54) is 9.91 Å². The van der Waals surface area contributed by atoms with Crippen LogP contribution in [0.15, 0.2) is 24.3 Å². The van der Waals surface area contributed by atoms with Crippen LogP contribution < -0.4 is 4.35 Å². The molecule has 0 saturated carbocycles. The third kappa shape index (κ3) is 3.32. The van der Waals surface area contributed by atoms with Crippen LogP contribution in [-0.2, 0) is 0 Å². The fraction of sp³-hybridized carbons (Fsp3) is 0.125. The Kier molecular flexibility index (Phi) is 4.71. The van der Waals surface area contributed by atoms with Crippen LogP contribution in [-0.4, -0.2) is 16.9 Å². The van der Waals surface area contributed by atoms with Crippen molar-refractivity contribution in [3.8, 4) is 6.57 Å². The van der Waals surface area contributed by atoms with Crippen molar-refractivity contribution in [1.82, 2.24) is 0 Å². The van der Waals surface area contributed by atoms with E-state index in [4.69, 9.17) is 5.26 Å². The average molecular weight is 195 g/mol. The van der Waals surface area contributed by atoms with Crippen LogP contribution >= 0.6 is 0 Å². The summed E-state index contributed by atoms with van der Waals surface area (Å²) in [7, 11) is 0. The van der Waals surface area contributed by atoms with E-state index in [2.05, 4.69) is 37.8 Å². The van der Waals surface area contributed by atoms with Gasteiger partial charge in [0, 0.05) is 6.57 Å². The van der Waals surface area contributed by atoms with E-state index in [1.54, 1.807) is 16.9 Å². The Morgan fingerprint density at radius 2 is 1.60 bits per heavy atom. The van der Waals surface area contributed by atoms with Gasteiger partial charge < -0.3 is 0 Å². The van der Waals surface area contributed by atoms with Crippen molar-refractivity contribution < 1.29 is 0 Å². The van der Waals surface area contributed by atoms with E-state index in [-0.39, 0.29) is 0 Å². The number of aryl methyl sites for hydroxylation is 1. The minimum absolute atomic E-state index is 1.34. The van der Waals surface area contributed by atoms with Gasteiger partial charge in [0.05, 0.1) is 0 Å². The summed E-state index contributed by atoms with van der Waals surface area (Å²) in [5.41, 5.74) is 1.34. The third-order valence-electron chi connectivity index (χ3n) is 1.08. The van der Waals surface area contributed by atoms with Crippen molar-refractivity contribution in [2.24, 2.45) is 0 Å². The van der Waals surface area contributed by atoms with Crippen LogP contribution in [0.3, 0.4) is 0 Å². The molecule has 1 nitrogen and oxygen atoms in total. The summed E-state index contributed by atoms with van der Waals surface area (Å²) in [6.45, 7) is 5.60. The summed E-state index contributed by atoms with van der Waals surface area (Å²) in [6, 6.07) is 8.57. The summed E-state index contributed by atoms with van der Waals surface area (Å²) in [4.78, 5) is 0. The zero-order chi connectivity index (χ0) is 7.98. The van der Waals surface area contributed by atoms with Gasteiger partial charge in [-0.1, -0.05) is 0 Å². The predicted octanol–water partition coefficient (Wildman–Crippen LogP) is 0.393. The molecule has 0 aliphatic heterocycles. The number of hydrogen-bond acceptors (Lipinski definition) is 1. The standard InChI is InChI=1S/C7H9As.CHN/c1-6-2-4-7(8)5-3-6;1-2/h2-5H,8H2,1H3;1H. The van der Waals surface area contributed by atoms with E-state index in [0.29, 0.717) is 0 Å². The molecule has 2 heteroatoms. The first-order valence-electron chi connectivity index (χ1n) is 2.87. The molecule has 0 fully saturated rings. The van der Waals surface area contributed by atoms with Gasteiger partial charge in [0.2, 0.25) is 0 Å². The molecule has 1 aromatic carbocycles. The van der Waals surface area contributed by atoms with Gasteiger partial charge in [0.1, 0.15) is 0 Å². The van der Waals surface area contributed by atoms with E-state index < -0.39 is 0 Å². The Balaban J connectivity index is 0.000000371. The molecule has 52 valence electrons. The van der Waals surface area contributed by atoms with Gasteiger partial charge in [-0.05, 0) is 0 Å². The molecule has 1 atom stereocenters. The van der Waals surface area contributed by atoms with Gasteiger partial charge >= 0.3 is 58.0 Å². The van der Waals surface area contributed by atoms with Gasteiger partial charge in [-0.15, -0.1) is 0 Å². The van der Waals surface area contributed by atoms with E-state index in [9.17, 15) is 0 Å². The quantitative estimate of drug-likeness (QED) is 0.549. The molecule has 0 aliphatic rings. The number of hydrogen-bond donors (Lipinski definition) is 0. The zero-order valence-corrected chi connectivity index (χ0v) is 8.33. The third-order valence-corrected chi connectivity index (χ3v) is 1.88. The topological polar surface area (TPSA) is 23.8 Å². The normalized spacial score (nSPS) is 7.60. The molecule has 0 radical (unpaired) electrons. The Hall–Kier alpha value is -0.732. The van der Waals surface area contributed by atoms with Gasteiger partial charge in [-0.2, -0.15) is 0 Å². The van der Waals surface area contributed by atoms with Crippen molar-refractivity contribution >= 4 is 21.2 Å². The SMILES string of the molecule is C#N.Cc1ccc([AsH2])cc1. The second-order valence-electron chi connectivity index (χ2n) is 1.91. The number of nitriles is 1. The molecule has 1 rings (SSSR count). The summed E-state index contributed by atoms with van der Waals surface area (Å²) in [5.74, 6) is 0. The van der Waals surface area contributed by atoms with E-state index in [1.807, 2.05) is 0 Å². The molecular weight excluding hydrogens is 185 g/mol. The Morgan fingerprint density at radius 3 is 1.90 bits per heavy atom. The molecule has 0 amide bonds. The monoisotopic (exact) mass is 195 g/mol. The maximum atomic E-state index is 6.50. The molecule has 10 heavy (non-hydrogen) atoms. The Morgan fingerprint density at radius 1 is 1.20 bits per heavy atom. The van der Waals surface area contributed by atoms with E-state index >= 15 is 0 Å². The number of nitrogens with zero attached hydrogens (tertiary/aromatic N) is 1. The van der Waals surface area contributed by atoms with Crippen LogP contribution in [0.25, 0.3) is 0 Å². The Labute approximate surface area is 70.2 Å². The zero-order valence-electron chi connectivity index (χ0n) is 5.91. The molecular formula is C8H10AsN. The summed E-state index contributed by atoms with van der Waals surface area (Å²) >= 11 is 1.68. The maximum absolute atomic E-state index is 6.50. The molecule has 0 N–H and O–H groups in total. The molecule has 0 aliphatic carbocycles. The van der Waals surface area contributed by atoms with Gasteiger partial charge in [0.15, 0.2) is 0 Å². The van der Waals surface area contributed by atoms with Crippen LogP contribution in [0, 0.1) is 18.8 Å². The van der Waals surface area contributed by atoms with Crippen molar-refractivity contribution in [2.45, 2.75) is 6.92 Å².